The topological polar surface area (TPSA) is 79.3 Å². The molecule has 0 aliphatic carbocycles. The second kappa shape index (κ2) is 8.87. The largest absolute Gasteiger partial charge is 0.352 e. The predicted octanol–water partition coefficient (Wildman–Crippen LogP) is 3.97. The van der Waals surface area contributed by atoms with Gasteiger partial charge in [0, 0.05) is 35.8 Å². The second-order valence-corrected chi connectivity index (χ2v) is 8.26. The van der Waals surface area contributed by atoms with Crippen molar-refractivity contribution in [2.75, 3.05) is 23.3 Å². The van der Waals surface area contributed by atoms with Gasteiger partial charge in [0.15, 0.2) is 5.82 Å². The summed E-state index contributed by atoms with van der Waals surface area (Å²) in [6, 6.07) is 15.0. The molecule has 3 aromatic rings. The average molecular weight is 470 g/mol. The first-order valence-electron chi connectivity index (χ1n) is 10.1. The molecule has 0 unspecified atom stereocenters. The van der Waals surface area contributed by atoms with Crippen LogP contribution in [-0.4, -0.2) is 34.7 Å². The van der Waals surface area contributed by atoms with Crippen LogP contribution in [-0.2, 0) is 6.54 Å². The lowest BCUT2D eigenvalue weighted by Gasteiger charge is -2.33. The zero-order valence-corrected chi connectivity index (χ0v) is 18.4. The lowest BCUT2D eigenvalue weighted by molar-refractivity contribution is 0.246. The van der Waals surface area contributed by atoms with Crippen LogP contribution in [0.5, 0.6) is 0 Å². The zero-order chi connectivity index (χ0) is 21.1. The van der Waals surface area contributed by atoms with Crippen LogP contribution < -0.4 is 21.1 Å². The normalized spacial score (nSPS) is 14.7. The third kappa shape index (κ3) is 4.33. The molecular formula is C22H24BrN5O2. The van der Waals surface area contributed by atoms with Gasteiger partial charge in [0.25, 0.3) is 5.56 Å². The highest BCUT2D eigenvalue weighted by Gasteiger charge is 2.24. The standard InChI is InChI=1S/C22H24BrN5O2/c1-2-28-19-6-4-3-5-18(19)26-20(21(28)29)27-13-11-17(12-14-27)25-22(30)24-16-9-7-15(23)8-10-16/h3-10,17H,2,11-14H2,1H3,(H2,24,25,30). The number of fused-ring (bicyclic) bond motifs is 1. The van der Waals surface area contributed by atoms with Gasteiger partial charge in [-0.1, -0.05) is 28.1 Å². The Kier molecular flexibility index (Phi) is 6.03. The van der Waals surface area contributed by atoms with Gasteiger partial charge in [0.2, 0.25) is 0 Å². The number of urea groups is 1. The van der Waals surface area contributed by atoms with E-state index in [-0.39, 0.29) is 17.6 Å². The number of amides is 2. The number of hydrogen-bond acceptors (Lipinski definition) is 4. The Morgan fingerprint density at radius 3 is 2.53 bits per heavy atom. The van der Waals surface area contributed by atoms with Gasteiger partial charge in [0.1, 0.15) is 0 Å². The number of piperidine rings is 1. The minimum Gasteiger partial charge on any atom is -0.352 e. The van der Waals surface area contributed by atoms with Gasteiger partial charge in [0.05, 0.1) is 11.0 Å². The van der Waals surface area contributed by atoms with Gasteiger partial charge in [-0.05, 0) is 56.2 Å². The van der Waals surface area contributed by atoms with Gasteiger partial charge in [-0.25, -0.2) is 9.78 Å². The van der Waals surface area contributed by atoms with E-state index in [0.29, 0.717) is 25.5 Å². The quantitative estimate of drug-likeness (QED) is 0.605. The van der Waals surface area contributed by atoms with Crippen LogP contribution in [0, 0.1) is 0 Å². The van der Waals surface area contributed by atoms with Gasteiger partial charge >= 0.3 is 6.03 Å². The molecule has 1 fully saturated rings. The van der Waals surface area contributed by atoms with Crippen LogP contribution in [0.2, 0.25) is 0 Å². The Morgan fingerprint density at radius 1 is 1.13 bits per heavy atom. The summed E-state index contributed by atoms with van der Waals surface area (Å²) in [7, 11) is 0. The van der Waals surface area contributed by atoms with E-state index in [1.54, 1.807) is 4.57 Å². The minimum absolute atomic E-state index is 0.0596. The van der Waals surface area contributed by atoms with E-state index in [1.165, 1.54) is 0 Å². The average Bonchev–Trinajstić information content (AvgIpc) is 2.75. The number of halogens is 1. The highest BCUT2D eigenvalue weighted by atomic mass is 79.9. The van der Waals surface area contributed by atoms with Gasteiger partial charge in [-0.2, -0.15) is 0 Å². The van der Waals surface area contributed by atoms with E-state index >= 15 is 0 Å². The molecule has 1 saturated heterocycles. The Hall–Kier alpha value is -2.87. The maximum atomic E-state index is 13.0. The molecule has 2 N–H and O–H groups in total. The number of benzene rings is 2. The molecule has 1 aliphatic heterocycles. The molecule has 1 aliphatic rings. The summed E-state index contributed by atoms with van der Waals surface area (Å²) in [6.07, 6.45) is 1.52. The molecule has 2 aromatic carbocycles. The summed E-state index contributed by atoms with van der Waals surface area (Å²) in [5.41, 5.74) is 2.36. The fourth-order valence-electron chi connectivity index (χ4n) is 3.82. The molecule has 0 saturated carbocycles. The van der Waals surface area contributed by atoms with E-state index in [2.05, 4.69) is 31.5 Å². The first-order chi connectivity index (χ1) is 14.5. The fraction of sp³-hybridized carbons (Fsp3) is 0.318. The van der Waals surface area contributed by atoms with E-state index in [9.17, 15) is 9.59 Å². The van der Waals surface area contributed by atoms with Crippen LogP contribution >= 0.6 is 15.9 Å². The van der Waals surface area contributed by atoms with Crippen molar-refractivity contribution in [1.29, 1.82) is 0 Å². The van der Waals surface area contributed by atoms with Crippen molar-refractivity contribution in [2.45, 2.75) is 32.4 Å². The second-order valence-electron chi connectivity index (χ2n) is 7.34. The molecule has 8 heteroatoms. The summed E-state index contributed by atoms with van der Waals surface area (Å²) >= 11 is 3.38. The Bertz CT molecular complexity index is 1100. The number of nitrogens with one attached hydrogen (secondary N) is 2. The summed E-state index contributed by atoms with van der Waals surface area (Å²) in [6.45, 7) is 3.92. The van der Waals surface area contributed by atoms with Crippen molar-refractivity contribution in [3.8, 4) is 0 Å². The van der Waals surface area contributed by atoms with Gasteiger partial charge in [-0.3, -0.25) is 4.79 Å². The molecule has 2 heterocycles. The van der Waals surface area contributed by atoms with Gasteiger partial charge in [-0.15, -0.1) is 0 Å². The van der Waals surface area contributed by atoms with Crippen LogP contribution in [0.15, 0.2) is 57.8 Å². The van der Waals surface area contributed by atoms with Crippen molar-refractivity contribution >= 4 is 44.5 Å². The number of anilines is 2. The Balaban J connectivity index is 1.41. The lowest BCUT2D eigenvalue weighted by atomic mass is 10.1. The number of hydrogen-bond donors (Lipinski definition) is 2. The monoisotopic (exact) mass is 469 g/mol. The minimum atomic E-state index is -0.215. The van der Waals surface area contributed by atoms with E-state index in [4.69, 9.17) is 0 Å². The highest BCUT2D eigenvalue weighted by molar-refractivity contribution is 9.10. The third-order valence-electron chi connectivity index (χ3n) is 5.38. The summed E-state index contributed by atoms with van der Waals surface area (Å²) in [4.78, 5) is 31.9. The van der Waals surface area contributed by atoms with Crippen molar-refractivity contribution in [3.63, 3.8) is 0 Å². The SMILES string of the molecule is CCn1c(=O)c(N2CCC(NC(=O)Nc3ccc(Br)cc3)CC2)nc2ccccc21. The lowest BCUT2D eigenvalue weighted by Crippen LogP contribution is -2.47. The molecule has 0 spiro atoms. The molecule has 4 rings (SSSR count). The van der Waals surface area contributed by atoms with Gasteiger partial charge < -0.3 is 20.1 Å². The van der Waals surface area contributed by atoms with Crippen LogP contribution in [0.1, 0.15) is 19.8 Å². The number of carbonyl (C=O) groups excluding carboxylic acids is 1. The molecule has 7 nitrogen and oxygen atoms in total. The van der Waals surface area contributed by atoms with E-state index < -0.39 is 0 Å². The molecule has 156 valence electrons. The summed E-state index contributed by atoms with van der Waals surface area (Å²) < 4.78 is 2.73. The first kappa shape index (κ1) is 20.4. The Morgan fingerprint density at radius 2 is 1.83 bits per heavy atom. The summed E-state index contributed by atoms with van der Waals surface area (Å²) in [5, 5.41) is 5.88. The van der Waals surface area contributed by atoms with Crippen molar-refractivity contribution in [1.82, 2.24) is 14.9 Å². The van der Waals surface area contributed by atoms with Crippen LogP contribution in [0.25, 0.3) is 11.0 Å². The third-order valence-corrected chi connectivity index (χ3v) is 5.91. The first-order valence-corrected chi connectivity index (χ1v) is 10.9. The number of rotatable bonds is 4. The maximum absolute atomic E-state index is 13.0. The number of aromatic nitrogens is 2. The molecule has 0 radical (unpaired) electrons. The highest BCUT2D eigenvalue weighted by Crippen LogP contribution is 2.19. The van der Waals surface area contributed by atoms with Crippen molar-refractivity contribution < 1.29 is 4.79 Å². The summed E-state index contributed by atoms with van der Waals surface area (Å²) in [5.74, 6) is 0.494. The maximum Gasteiger partial charge on any atom is 0.319 e. The molecule has 1 aromatic heterocycles. The Labute approximate surface area is 183 Å². The smallest absolute Gasteiger partial charge is 0.319 e. The van der Waals surface area contributed by atoms with Crippen LogP contribution in [0.4, 0.5) is 16.3 Å². The zero-order valence-electron chi connectivity index (χ0n) is 16.8. The van der Waals surface area contributed by atoms with Crippen molar-refractivity contribution in [2.24, 2.45) is 0 Å². The molecule has 2 amide bonds. The molecule has 30 heavy (non-hydrogen) atoms. The van der Waals surface area contributed by atoms with E-state index in [1.807, 2.05) is 60.4 Å². The predicted molar refractivity (Wildman–Crippen MR) is 123 cm³/mol. The molecular weight excluding hydrogens is 446 g/mol. The fourth-order valence-corrected chi connectivity index (χ4v) is 4.08. The molecule has 0 bridgehead atoms. The number of nitrogens with zero attached hydrogens (tertiary/aromatic N) is 3. The van der Waals surface area contributed by atoms with Crippen molar-refractivity contribution in [3.05, 3.63) is 63.4 Å². The van der Waals surface area contributed by atoms with E-state index in [0.717, 1.165) is 34.0 Å². The number of para-hydroxylation sites is 2. The number of aryl methyl sites for hydroxylation is 1. The molecule has 0 atom stereocenters. The number of carbonyl (C=O) groups is 1. The van der Waals surface area contributed by atoms with Crippen LogP contribution in [0.3, 0.4) is 0 Å².